The first-order valence-electron chi connectivity index (χ1n) is 18.8. The van der Waals surface area contributed by atoms with E-state index in [0.717, 1.165) is 83.2 Å². The van der Waals surface area contributed by atoms with Crippen LogP contribution in [0.4, 0.5) is 0 Å². The zero-order chi connectivity index (χ0) is 38.1. The first-order valence-corrected chi connectivity index (χ1v) is 18.8. The minimum atomic E-state index is 0.516. The monoisotopic (exact) mass is 720 g/mol. The zero-order valence-electron chi connectivity index (χ0n) is 31.5. The Morgan fingerprint density at radius 1 is 0.411 bits per heavy atom. The van der Waals surface area contributed by atoms with E-state index in [2.05, 4.69) is 164 Å². The van der Waals surface area contributed by atoms with Crippen LogP contribution in [-0.2, 0) is 0 Å². The average molecular weight is 721 g/mol. The summed E-state index contributed by atoms with van der Waals surface area (Å²) in [6.07, 6.45) is 0. The molecule has 0 N–H and O–H groups in total. The summed E-state index contributed by atoms with van der Waals surface area (Å²) < 4.78 is 4.57. The summed E-state index contributed by atoms with van der Waals surface area (Å²) in [6.45, 7) is 8.34. The number of rotatable bonds is 5. The minimum Gasteiger partial charge on any atom is -0.309 e. The summed E-state index contributed by atoms with van der Waals surface area (Å²) in [7, 11) is 0. The molecule has 0 saturated carbocycles. The number of nitriles is 1. The number of nitrogens with zero attached hydrogens (tertiary/aromatic N) is 6. The molecule has 0 aliphatic rings. The molecule has 0 spiro atoms. The molecular formula is C50H36N6. The Bertz CT molecular complexity index is 3140. The van der Waals surface area contributed by atoms with Crippen LogP contribution in [0.2, 0.25) is 0 Å². The van der Waals surface area contributed by atoms with Gasteiger partial charge in [-0.25, -0.2) is 15.0 Å². The Morgan fingerprint density at radius 3 is 1.45 bits per heavy atom. The van der Waals surface area contributed by atoms with Crippen LogP contribution in [0.15, 0.2) is 146 Å². The fraction of sp³-hybridized carbons (Fsp3) is 0.0800. The fourth-order valence-electron chi connectivity index (χ4n) is 8.48. The molecule has 10 aromatic rings. The van der Waals surface area contributed by atoms with Crippen molar-refractivity contribution in [3.05, 3.63) is 173 Å². The molecule has 10 rings (SSSR count). The topological polar surface area (TPSA) is 72.3 Å². The van der Waals surface area contributed by atoms with Gasteiger partial charge >= 0.3 is 0 Å². The maximum absolute atomic E-state index is 10.9. The van der Waals surface area contributed by atoms with Gasteiger partial charge in [0, 0.05) is 43.9 Å². The molecule has 0 amide bonds. The van der Waals surface area contributed by atoms with Gasteiger partial charge in [0.1, 0.15) is 6.07 Å². The van der Waals surface area contributed by atoms with E-state index in [1.165, 1.54) is 10.8 Å². The standard InChI is InChI=1S/C50H36N6/c1-30-20-31(2)23-35(22-30)49-52-48(53-50(54-49)36-24-32(3)21-33(4)25-36)34-18-19-43(37(26-34)29-51)56-45-17-11-9-15-40(45)42-27-41-39-14-8-10-16-44(39)55(46(41)28-47(42)56)38-12-6-5-7-13-38/h5-28H,1-4H3. The Morgan fingerprint density at radius 2 is 0.893 bits per heavy atom. The average Bonchev–Trinajstić information content (AvgIpc) is 3.71. The van der Waals surface area contributed by atoms with E-state index in [0.29, 0.717) is 23.0 Å². The molecule has 3 heterocycles. The highest BCUT2D eigenvalue weighted by molar-refractivity contribution is 6.19. The minimum absolute atomic E-state index is 0.516. The smallest absolute Gasteiger partial charge is 0.164 e. The van der Waals surface area contributed by atoms with Gasteiger partial charge in [-0.05, 0) is 107 Å². The molecule has 0 unspecified atom stereocenters. The van der Waals surface area contributed by atoms with E-state index in [1.807, 2.05) is 24.3 Å². The predicted octanol–water partition coefficient (Wildman–Crippen LogP) is 12.2. The van der Waals surface area contributed by atoms with Crippen LogP contribution in [0.3, 0.4) is 0 Å². The second-order valence-electron chi connectivity index (χ2n) is 14.8. The normalized spacial score (nSPS) is 11.6. The molecule has 0 saturated heterocycles. The first kappa shape index (κ1) is 33.2. The summed E-state index contributed by atoms with van der Waals surface area (Å²) in [5, 5.41) is 15.5. The molecule has 0 aliphatic heterocycles. The van der Waals surface area contributed by atoms with Crippen molar-refractivity contribution in [2.45, 2.75) is 27.7 Å². The molecule has 56 heavy (non-hydrogen) atoms. The maximum atomic E-state index is 10.9. The largest absolute Gasteiger partial charge is 0.309 e. The number of aromatic nitrogens is 5. The van der Waals surface area contributed by atoms with E-state index in [4.69, 9.17) is 15.0 Å². The third-order valence-electron chi connectivity index (χ3n) is 10.7. The quantitative estimate of drug-likeness (QED) is 0.177. The van der Waals surface area contributed by atoms with Gasteiger partial charge in [0.25, 0.3) is 0 Å². The zero-order valence-corrected chi connectivity index (χ0v) is 31.5. The highest BCUT2D eigenvalue weighted by Gasteiger charge is 2.21. The van der Waals surface area contributed by atoms with Gasteiger partial charge in [0.15, 0.2) is 17.5 Å². The number of fused-ring (bicyclic) bond motifs is 6. The Hall–Kier alpha value is -7.36. The van der Waals surface area contributed by atoms with Crippen molar-refractivity contribution in [1.29, 1.82) is 5.26 Å². The molecule has 266 valence electrons. The summed E-state index contributed by atoms with van der Waals surface area (Å²) in [5.41, 5.74) is 13.9. The van der Waals surface area contributed by atoms with E-state index < -0.39 is 0 Å². The van der Waals surface area contributed by atoms with Crippen LogP contribution in [0.5, 0.6) is 0 Å². The van der Waals surface area contributed by atoms with Gasteiger partial charge in [-0.2, -0.15) is 5.26 Å². The highest BCUT2D eigenvalue weighted by Crippen LogP contribution is 2.40. The van der Waals surface area contributed by atoms with Gasteiger partial charge in [-0.1, -0.05) is 89.0 Å². The van der Waals surface area contributed by atoms with E-state index in [9.17, 15) is 5.26 Å². The lowest BCUT2D eigenvalue weighted by Crippen LogP contribution is -2.02. The summed E-state index contributed by atoms with van der Waals surface area (Å²) in [6, 6.07) is 53.4. The second-order valence-corrected chi connectivity index (χ2v) is 14.8. The van der Waals surface area contributed by atoms with Crippen LogP contribution in [0.1, 0.15) is 27.8 Å². The number of para-hydroxylation sites is 3. The van der Waals surface area contributed by atoms with Crippen LogP contribution >= 0.6 is 0 Å². The molecule has 7 aromatic carbocycles. The third-order valence-corrected chi connectivity index (χ3v) is 10.7. The van der Waals surface area contributed by atoms with E-state index in [1.54, 1.807) is 0 Å². The highest BCUT2D eigenvalue weighted by atomic mass is 15.0. The molecular weight excluding hydrogens is 685 g/mol. The van der Waals surface area contributed by atoms with Crippen molar-refractivity contribution in [1.82, 2.24) is 24.1 Å². The lowest BCUT2D eigenvalue weighted by atomic mass is 10.0. The van der Waals surface area contributed by atoms with Crippen LogP contribution < -0.4 is 0 Å². The maximum Gasteiger partial charge on any atom is 0.164 e. The van der Waals surface area contributed by atoms with Gasteiger partial charge in [-0.3, -0.25) is 0 Å². The fourth-order valence-corrected chi connectivity index (χ4v) is 8.48. The summed E-state index contributed by atoms with van der Waals surface area (Å²) >= 11 is 0. The Kier molecular flexibility index (Phi) is 7.65. The molecule has 0 aliphatic carbocycles. The Labute approximate surface area is 324 Å². The predicted molar refractivity (Wildman–Crippen MR) is 228 cm³/mol. The molecule has 0 bridgehead atoms. The number of benzene rings is 7. The lowest BCUT2D eigenvalue weighted by Gasteiger charge is -2.13. The van der Waals surface area contributed by atoms with Crippen LogP contribution in [0, 0.1) is 39.0 Å². The summed E-state index contributed by atoms with van der Waals surface area (Å²) in [5.74, 6) is 1.71. The van der Waals surface area contributed by atoms with Gasteiger partial charge in [-0.15, -0.1) is 0 Å². The molecule has 0 radical (unpaired) electrons. The van der Waals surface area contributed by atoms with E-state index >= 15 is 0 Å². The van der Waals surface area contributed by atoms with Crippen LogP contribution in [-0.4, -0.2) is 24.1 Å². The van der Waals surface area contributed by atoms with Gasteiger partial charge in [0.2, 0.25) is 0 Å². The van der Waals surface area contributed by atoms with Crippen molar-refractivity contribution < 1.29 is 0 Å². The van der Waals surface area contributed by atoms with Crippen molar-refractivity contribution >= 4 is 43.6 Å². The first-order chi connectivity index (χ1) is 27.3. The van der Waals surface area contributed by atoms with Gasteiger partial charge < -0.3 is 9.13 Å². The third kappa shape index (κ3) is 5.44. The van der Waals surface area contributed by atoms with Crippen LogP contribution in [0.25, 0.3) is 89.2 Å². The molecule has 3 aromatic heterocycles. The molecule has 0 atom stereocenters. The van der Waals surface area contributed by atoms with Gasteiger partial charge in [0.05, 0.1) is 33.3 Å². The molecule has 6 nitrogen and oxygen atoms in total. The second kappa shape index (κ2) is 12.9. The lowest BCUT2D eigenvalue weighted by molar-refractivity contribution is 1.07. The van der Waals surface area contributed by atoms with Crippen molar-refractivity contribution in [3.8, 4) is 51.6 Å². The van der Waals surface area contributed by atoms with E-state index in [-0.39, 0.29) is 0 Å². The van der Waals surface area contributed by atoms with Crippen molar-refractivity contribution in [2.24, 2.45) is 0 Å². The molecule has 0 fully saturated rings. The SMILES string of the molecule is Cc1cc(C)cc(-c2nc(-c3cc(C)cc(C)c3)nc(-c3ccc(-n4c5ccccc5c5cc6c7ccccc7n(-c7ccccc7)c6cc54)c(C#N)c3)n2)c1. The molecule has 6 heteroatoms. The number of hydrogen-bond acceptors (Lipinski definition) is 4. The van der Waals surface area contributed by atoms with Crippen molar-refractivity contribution in [2.75, 3.05) is 0 Å². The number of hydrogen-bond donors (Lipinski definition) is 0. The summed E-state index contributed by atoms with van der Waals surface area (Å²) in [4.78, 5) is 15.1. The number of aryl methyl sites for hydroxylation is 4. The van der Waals surface area contributed by atoms with Crippen molar-refractivity contribution in [3.63, 3.8) is 0 Å². The Balaban J connectivity index is 1.20.